The molecule has 3 saturated heterocycles. The number of anilines is 2. The van der Waals surface area contributed by atoms with Crippen molar-refractivity contribution in [1.82, 2.24) is 24.8 Å². The SMILES string of the molecule is CC(CN1CCC1)Oc1nc(N2CC3CCC(C2)N3C(=O)OC(C)(C)C)c2cc(Cl)c(-c3ccc(F)c4sc(NC(=O)OC(C)(C)C)nc34)c(F)c2n1. The molecule has 3 atom stereocenters. The molecule has 12 nitrogen and oxygen atoms in total. The number of fused-ring (bicyclic) bond motifs is 4. The Morgan fingerprint density at radius 2 is 1.68 bits per heavy atom. The number of ether oxygens (including phenoxy) is 3. The van der Waals surface area contributed by atoms with Crippen molar-refractivity contribution < 1.29 is 32.6 Å². The molecule has 53 heavy (non-hydrogen) atoms. The van der Waals surface area contributed by atoms with E-state index >= 15 is 8.78 Å². The molecule has 3 aliphatic rings. The number of carbonyl (C=O) groups excluding carboxylic acids is 2. The van der Waals surface area contributed by atoms with Gasteiger partial charge in [0, 0.05) is 36.1 Å². The summed E-state index contributed by atoms with van der Waals surface area (Å²) in [6, 6.07) is 3.97. The maximum Gasteiger partial charge on any atom is 0.413 e. The summed E-state index contributed by atoms with van der Waals surface area (Å²) in [6.07, 6.45) is 1.32. The summed E-state index contributed by atoms with van der Waals surface area (Å²) in [5.74, 6) is -0.905. The Hall–Kier alpha value is -4.08. The molecule has 7 rings (SSSR count). The first-order valence-corrected chi connectivity index (χ1v) is 19.1. The second-order valence-corrected chi connectivity index (χ2v) is 17.4. The highest BCUT2D eigenvalue weighted by molar-refractivity contribution is 7.22. The molecule has 0 spiro atoms. The zero-order valence-corrected chi connectivity index (χ0v) is 32.5. The Bertz CT molecular complexity index is 2070. The minimum atomic E-state index is -0.764. The van der Waals surface area contributed by atoms with Crippen molar-refractivity contribution in [2.75, 3.05) is 42.9 Å². The zero-order valence-electron chi connectivity index (χ0n) is 30.9. The van der Waals surface area contributed by atoms with Gasteiger partial charge in [-0.25, -0.2) is 23.4 Å². The van der Waals surface area contributed by atoms with E-state index in [4.69, 9.17) is 30.8 Å². The van der Waals surface area contributed by atoms with Crippen LogP contribution >= 0.6 is 22.9 Å². The third-order valence-electron chi connectivity index (χ3n) is 9.37. The van der Waals surface area contributed by atoms with Gasteiger partial charge >= 0.3 is 18.2 Å². The van der Waals surface area contributed by atoms with Gasteiger partial charge in [0.15, 0.2) is 10.9 Å². The summed E-state index contributed by atoms with van der Waals surface area (Å²) in [7, 11) is 0. The minimum Gasteiger partial charge on any atom is -0.459 e. The molecule has 1 N–H and O–H groups in total. The van der Waals surface area contributed by atoms with E-state index in [1.165, 1.54) is 12.1 Å². The van der Waals surface area contributed by atoms with Crippen molar-refractivity contribution in [2.24, 2.45) is 0 Å². The lowest BCUT2D eigenvalue weighted by Crippen LogP contribution is -2.57. The third-order valence-corrected chi connectivity index (χ3v) is 10.6. The molecule has 3 aliphatic heterocycles. The van der Waals surface area contributed by atoms with Crippen molar-refractivity contribution in [2.45, 2.75) is 97.1 Å². The summed E-state index contributed by atoms with van der Waals surface area (Å²) in [5.41, 5.74) is -1.12. The van der Waals surface area contributed by atoms with Gasteiger partial charge in [-0.05, 0) is 99.0 Å². The number of hydrogen-bond acceptors (Lipinski definition) is 11. The Labute approximate surface area is 315 Å². The molecule has 284 valence electrons. The fourth-order valence-electron chi connectivity index (χ4n) is 7.16. The smallest absolute Gasteiger partial charge is 0.413 e. The fraction of sp³-hybridized carbons (Fsp3) is 0.541. The average Bonchev–Trinajstić information content (AvgIpc) is 3.56. The van der Waals surface area contributed by atoms with Gasteiger partial charge in [0.05, 0.1) is 27.3 Å². The van der Waals surface area contributed by atoms with E-state index in [1.807, 2.05) is 37.5 Å². The first kappa shape index (κ1) is 37.2. The van der Waals surface area contributed by atoms with E-state index in [0.717, 1.165) is 43.7 Å². The molecule has 5 heterocycles. The lowest BCUT2D eigenvalue weighted by atomic mass is 10.0. The monoisotopic (exact) mass is 771 g/mol. The van der Waals surface area contributed by atoms with E-state index in [1.54, 1.807) is 26.8 Å². The largest absolute Gasteiger partial charge is 0.459 e. The van der Waals surface area contributed by atoms with E-state index in [0.29, 0.717) is 30.8 Å². The topological polar surface area (TPSA) is 122 Å². The number of aromatic nitrogens is 3. The number of amides is 2. The first-order chi connectivity index (χ1) is 24.9. The van der Waals surface area contributed by atoms with Crippen LogP contribution in [0, 0.1) is 11.6 Å². The molecule has 4 aromatic rings. The van der Waals surface area contributed by atoms with Gasteiger partial charge in [-0.2, -0.15) is 9.97 Å². The summed E-state index contributed by atoms with van der Waals surface area (Å²) < 4.78 is 49.7. The Balaban J connectivity index is 1.29. The first-order valence-electron chi connectivity index (χ1n) is 17.9. The summed E-state index contributed by atoms with van der Waals surface area (Å²) >= 11 is 7.83. The third kappa shape index (κ3) is 7.79. The van der Waals surface area contributed by atoms with Crippen molar-refractivity contribution in [3.05, 3.63) is 34.9 Å². The van der Waals surface area contributed by atoms with Gasteiger partial charge < -0.3 is 19.1 Å². The molecule has 0 aliphatic carbocycles. The Morgan fingerprint density at radius 3 is 2.30 bits per heavy atom. The lowest BCUT2D eigenvalue weighted by molar-refractivity contribution is 0.0122. The number of likely N-dealkylation sites (tertiary alicyclic amines) is 1. The minimum absolute atomic E-state index is 0.0105. The molecule has 2 aromatic carbocycles. The molecule has 0 saturated carbocycles. The number of nitrogens with zero attached hydrogens (tertiary/aromatic N) is 6. The fourth-order valence-corrected chi connectivity index (χ4v) is 8.33. The predicted octanol–water partition coefficient (Wildman–Crippen LogP) is 8.25. The Morgan fingerprint density at radius 1 is 1.00 bits per heavy atom. The van der Waals surface area contributed by atoms with Crippen molar-refractivity contribution >= 4 is 67.2 Å². The van der Waals surface area contributed by atoms with Gasteiger partial charge in [-0.3, -0.25) is 15.1 Å². The summed E-state index contributed by atoms with van der Waals surface area (Å²) in [6.45, 7) is 16.1. The van der Waals surface area contributed by atoms with Crippen LogP contribution in [0.2, 0.25) is 5.02 Å². The normalized spacial score (nSPS) is 19.7. The van der Waals surface area contributed by atoms with Crippen LogP contribution in [0.15, 0.2) is 18.2 Å². The van der Waals surface area contributed by atoms with Crippen LogP contribution in [0.4, 0.5) is 29.3 Å². The second-order valence-electron chi connectivity index (χ2n) is 16.0. The van der Waals surface area contributed by atoms with Gasteiger partial charge in [0.25, 0.3) is 0 Å². The Kier molecular flexibility index (Phi) is 9.81. The molecule has 16 heteroatoms. The molecule has 2 bridgehead atoms. The lowest BCUT2D eigenvalue weighted by Gasteiger charge is -2.42. The van der Waals surface area contributed by atoms with Crippen LogP contribution in [-0.2, 0) is 9.47 Å². The zero-order chi connectivity index (χ0) is 38.0. The van der Waals surface area contributed by atoms with E-state index in [2.05, 4.69) is 20.2 Å². The van der Waals surface area contributed by atoms with Gasteiger partial charge in [-0.15, -0.1) is 0 Å². The molecule has 3 unspecified atom stereocenters. The number of piperazine rings is 1. The van der Waals surface area contributed by atoms with Crippen LogP contribution in [0.5, 0.6) is 6.01 Å². The van der Waals surface area contributed by atoms with Gasteiger partial charge in [-0.1, -0.05) is 22.9 Å². The van der Waals surface area contributed by atoms with E-state index < -0.39 is 28.9 Å². The number of halogens is 3. The van der Waals surface area contributed by atoms with Crippen molar-refractivity contribution in [1.29, 1.82) is 0 Å². The number of thiazole rings is 1. The summed E-state index contributed by atoms with van der Waals surface area (Å²) in [4.78, 5) is 45.8. The molecule has 2 amide bonds. The average molecular weight is 772 g/mol. The van der Waals surface area contributed by atoms with Crippen molar-refractivity contribution in [3.63, 3.8) is 0 Å². The maximum absolute atomic E-state index is 17.1. The second kappa shape index (κ2) is 14.0. The summed E-state index contributed by atoms with van der Waals surface area (Å²) in [5, 5.41) is 3.04. The van der Waals surface area contributed by atoms with Crippen LogP contribution in [-0.4, -0.2) is 99.1 Å². The quantitative estimate of drug-likeness (QED) is 0.197. The van der Waals surface area contributed by atoms with E-state index in [9.17, 15) is 9.59 Å². The van der Waals surface area contributed by atoms with Crippen LogP contribution in [0.1, 0.15) is 67.7 Å². The van der Waals surface area contributed by atoms with E-state index in [-0.39, 0.29) is 67.3 Å². The molecular weight excluding hydrogens is 728 g/mol. The highest BCUT2D eigenvalue weighted by Gasteiger charge is 2.45. The highest BCUT2D eigenvalue weighted by atomic mass is 35.5. The predicted molar refractivity (Wildman–Crippen MR) is 201 cm³/mol. The number of hydrogen-bond donors (Lipinski definition) is 1. The number of carbonyl (C=O) groups is 2. The number of benzene rings is 2. The molecular formula is C37H44ClF2N7O5S. The number of rotatable bonds is 7. The highest BCUT2D eigenvalue weighted by Crippen LogP contribution is 2.44. The number of nitrogens with one attached hydrogen (secondary N) is 1. The van der Waals surface area contributed by atoms with Crippen molar-refractivity contribution in [3.8, 4) is 17.1 Å². The maximum atomic E-state index is 17.1. The van der Waals surface area contributed by atoms with Gasteiger partial charge in [0.1, 0.15) is 34.5 Å². The van der Waals surface area contributed by atoms with Crippen LogP contribution < -0.4 is 15.0 Å². The molecule has 0 radical (unpaired) electrons. The molecule has 2 aromatic heterocycles. The standard InChI is InChI=1S/C37H44ClF2N7O5S/c1-19(16-45-13-8-14-45)50-32-41-28-23(31(43-32)46-17-20-9-10-21(18-46)47(20)35(49)52-37(5,6)7)15-24(38)26(27(28)40)22-11-12-25(39)30-29(22)42-33(53-30)44-34(48)51-36(2,3)4/h11-12,15,19-21H,8-10,13-14,16-18H2,1-7H3,(H,42,44,48). The van der Waals surface area contributed by atoms with Crippen LogP contribution in [0.25, 0.3) is 32.2 Å². The molecule has 3 fully saturated rings. The van der Waals surface area contributed by atoms with Gasteiger partial charge in [0.2, 0.25) is 0 Å². The van der Waals surface area contributed by atoms with Crippen LogP contribution in [0.3, 0.4) is 0 Å².